The fraction of sp³-hybridized carbons (Fsp3) is 1.00. The van der Waals surface area contributed by atoms with E-state index < -0.39 is 0 Å². The van der Waals surface area contributed by atoms with Gasteiger partial charge in [0.2, 0.25) is 0 Å². The predicted octanol–water partition coefficient (Wildman–Crippen LogP) is 3.79. The third kappa shape index (κ3) is 10.6. The molecule has 92 valence electrons. The van der Waals surface area contributed by atoms with E-state index in [9.17, 15) is 0 Å². The summed E-state index contributed by atoms with van der Waals surface area (Å²) in [6.45, 7) is 13.8. The van der Waals surface area contributed by atoms with E-state index >= 15 is 0 Å². The molecule has 1 unspecified atom stereocenters. The first-order valence-electron chi connectivity index (χ1n) is 6.36. The van der Waals surface area contributed by atoms with Gasteiger partial charge in [-0.1, -0.05) is 34.6 Å². The van der Waals surface area contributed by atoms with Crippen LogP contribution in [-0.2, 0) is 0 Å². The number of unbranched alkanes of at least 4 members (excludes halogenated alkanes) is 1. The second-order valence-electron chi connectivity index (χ2n) is 5.13. The topological polar surface area (TPSA) is 12.0 Å². The average molecular weight is 231 g/mol. The van der Waals surface area contributed by atoms with Crippen LogP contribution >= 0.6 is 11.8 Å². The van der Waals surface area contributed by atoms with Crippen molar-refractivity contribution in [1.29, 1.82) is 0 Å². The second-order valence-corrected chi connectivity index (χ2v) is 6.61. The average Bonchev–Trinajstić information content (AvgIpc) is 2.15. The molecule has 0 spiro atoms. The molecule has 0 aliphatic rings. The van der Waals surface area contributed by atoms with Gasteiger partial charge in [0.05, 0.1) is 0 Å². The third-order valence-corrected chi connectivity index (χ3v) is 4.21. The number of hydrogen-bond acceptors (Lipinski definition) is 2. The van der Waals surface area contributed by atoms with Gasteiger partial charge < -0.3 is 5.32 Å². The van der Waals surface area contributed by atoms with E-state index in [1.807, 2.05) is 0 Å². The number of nitrogens with one attached hydrogen (secondary N) is 1. The van der Waals surface area contributed by atoms with Crippen LogP contribution in [0.5, 0.6) is 0 Å². The molecule has 15 heavy (non-hydrogen) atoms. The van der Waals surface area contributed by atoms with Crippen molar-refractivity contribution in [3.8, 4) is 0 Å². The third-order valence-electron chi connectivity index (χ3n) is 2.62. The Morgan fingerprint density at radius 3 is 2.20 bits per heavy atom. The lowest BCUT2D eigenvalue weighted by Gasteiger charge is -2.14. The summed E-state index contributed by atoms with van der Waals surface area (Å²) in [4.78, 5) is 0. The van der Waals surface area contributed by atoms with Crippen LogP contribution < -0.4 is 5.32 Å². The van der Waals surface area contributed by atoms with Crippen LogP contribution in [0.4, 0.5) is 0 Å². The first-order chi connectivity index (χ1) is 7.04. The van der Waals surface area contributed by atoms with Gasteiger partial charge in [0.15, 0.2) is 0 Å². The van der Waals surface area contributed by atoms with Crippen LogP contribution in [0, 0.1) is 11.8 Å². The minimum Gasteiger partial charge on any atom is -0.316 e. The van der Waals surface area contributed by atoms with Crippen molar-refractivity contribution in [2.45, 2.75) is 52.7 Å². The molecule has 2 heteroatoms. The molecule has 0 heterocycles. The minimum atomic E-state index is 0.778. The smallest absolute Gasteiger partial charge is 0.00417 e. The highest BCUT2D eigenvalue weighted by atomic mass is 32.2. The number of thioether (sulfide) groups is 1. The SMILES string of the molecule is CC(C)CNCCCCSC(C)C(C)C. The number of rotatable bonds is 9. The molecule has 0 rings (SSSR count). The molecule has 0 aliphatic heterocycles. The van der Waals surface area contributed by atoms with Crippen molar-refractivity contribution >= 4 is 11.8 Å². The highest BCUT2D eigenvalue weighted by Gasteiger charge is 2.06. The summed E-state index contributed by atoms with van der Waals surface area (Å²) in [5, 5.41) is 4.30. The molecular weight excluding hydrogens is 202 g/mol. The molecule has 0 saturated carbocycles. The minimum absolute atomic E-state index is 0.778. The van der Waals surface area contributed by atoms with E-state index in [1.54, 1.807) is 0 Å². The van der Waals surface area contributed by atoms with E-state index in [2.05, 4.69) is 51.7 Å². The maximum atomic E-state index is 3.49. The summed E-state index contributed by atoms with van der Waals surface area (Å²) in [6, 6.07) is 0. The molecule has 0 radical (unpaired) electrons. The Morgan fingerprint density at radius 1 is 1.00 bits per heavy atom. The van der Waals surface area contributed by atoms with Crippen molar-refractivity contribution in [3.05, 3.63) is 0 Å². The highest BCUT2D eigenvalue weighted by molar-refractivity contribution is 7.99. The zero-order valence-corrected chi connectivity index (χ0v) is 12.0. The highest BCUT2D eigenvalue weighted by Crippen LogP contribution is 2.19. The van der Waals surface area contributed by atoms with Gasteiger partial charge in [0, 0.05) is 5.25 Å². The molecule has 0 aromatic carbocycles. The Bertz CT molecular complexity index is 134. The normalized spacial score (nSPS) is 13.8. The van der Waals surface area contributed by atoms with Gasteiger partial charge in [-0.05, 0) is 43.5 Å². The molecule has 0 aliphatic carbocycles. The van der Waals surface area contributed by atoms with E-state index in [0.29, 0.717) is 0 Å². The lowest BCUT2D eigenvalue weighted by Crippen LogP contribution is -2.20. The van der Waals surface area contributed by atoms with Crippen LogP contribution in [0.2, 0.25) is 0 Å². The Balaban J connectivity index is 3.11. The first kappa shape index (κ1) is 15.3. The molecule has 0 amide bonds. The van der Waals surface area contributed by atoms with Crippen molar-refractivity contribution < 1.29 is 0 Å². The molecule has 0 fully saturated rings. The lowest BCUT2D eigenvalue weighted by atomic mass is 10.2. The largest absolute Gasteiger partial charge is 0.316 e. The van der Waals surface area contributed by atoms with Gasteiger partial charge in [-0.3, -0.25) is 0 Å². The Morgan fingerprint density at radius 2 is 1.67 bits per heavy atom. The fourth-order valence-corrected chi connectivity index (χ4v) is 2.33. The first-order valence-corrected chi connectivity index (χ1v) is 7.41. The standard InChI is InChI=1S/C13H29NS/c1-11(2)10-14-8-6-7-9-15-13(5)12(3)4/h11-14H,6-10H2,1-5H3. The zero-order chi connectivity index (χ0) is 11.7. The maximum Gasteiger partial charge on any atom is 0.00417 e. The summed E-state index contributed by atoms with van der Waals surface area (Å²) < 4.78 is 0. The van der Waals surface area contributed by atoms with E-state index in [1.165, 1.54) is 25.1 Å². The quantitative estimate of drug-likeness (QED) is 0.606. The molecular formula is C13H29NS. The fourth-order valence-electron chi connectivity index (χ4n) is 1.20. The monoisotopic (exact) mass is 231 g/mol. The van der Waals surface area contributed by atoms with Crippen LogP contribution in [-0.4, -0.2) is 24.1 Å². The molecule has 1 atom stereocenters. The van der Waals surface area contributed by atoms with E-state index in [4.69, 9.17) is 0 Å². The summed E-state index contributed by atoms with van der Waals surface area (Å²) >= 11 is 2.12. The van der Waals surface area contributed by atoms with Crippen molar-refractivity contribution in [3.63, 3.8) is 0 Å². The van der Waals surface area contributed by atoms with Crippen LogP contribution in [0.25, 0.3) is 0 Å². The number of hydrogen-bond donors (Lipinski definition) is 1. The summed E-state index contributed by atoms with van der Waals surface area (Å²) in [5.41, 5.74) is 0. The van der Waals surface area contributed by atoms with Crippen LogP contribution in [0.3, 0.4) is 0 Å². The van der Waals surface area contributed by atoms with Gasteiger partial charge in [0.1, 0.15) is 0 Å². The summed E-state index contributed by atoms with van der Waals surface area (Å²) in [5.74, 6) is 2.91. The van der Waals surface area contributed by atoms with Gasteiger partial charge >= 0.3 is 0 Å². The Labute approximate surface area is 101 Å². The molecule has 0 bridgehead atoms. The van der Waals surface area contributed by atoms with Gasteiger partial charge in [0.25, 0.3) is 0 Å². The van der Waals surface area contributed by atoms with Crippen molar-refractivity contribution in [2.24, 2.45) is 11.8 Å². The molecule has 0 aromatic heterocycles. The molecule has 0 aromatic rings. The lowest BCUT2D eigenvalue weighted by molar-refractivity contribution is 0.541. The second kappa shape index (κ2) is 9.53. The molecule has 1 nitrogen and oxygen atoms in total. The summed E-state index contributed by atoms with van der Waals surface area (Å²) in [6.07, 6.45) is 2.68. The molecule has 1 N–H and O–H groups in total. The summed E-state index contributed by atoms with van der Waals surface area (Å²) in [7, 11) is 0. The maximum absolute atomic E-state index is 3.49. The van der Waals surface area contributed by atoms with Gasteiger partial charge in [-0.2, -0.15) is 11.8 Å². The van der Waals surface area contributed by atoms with Crippen molar-refractivity contribution in [2.75, 3.05) is 18.8 Å². The Kier molecular flexibility index (Phi) is 9.73. The predicted molar refractivity (Wildman–Crippen MR) is 73.7 cm³/mol. The van der Waals surface area contributed by atoms with Gasteiger partial charge in [-0.25, -0.2) is 0 Å². The van der Waals surface area contributed by atoms with Crippen LogP contribution in [0.15, 0.2) is 0 Å². The Hall–Kier alpha value is 0.310. The van der Waals surface area contributed by atoms with E-state index in [-0.39, 0.29) is 0 Å². The zero-order valence-electron chi connectivity index (χ0n) is 11.2. The van der Waals surface area contributed by atoms with Gasteiger partial charge in [-0.15, -0.1) is 0 Å². The van der Waals surface area contributed by atoms with Crippen molar-refractivity contribution in [1.82, 2.24) is 5.32 Å². The van der Waals surface area contributed by atoms with E-state index in [0.717, 1.165) is 23.6 Å². The molecule has 0 saturated heterocycles. The van der Waals surface area contributed by atoms with Crippen LogP contribution in [0.1, 0.15) is 47.5 Å².